The Morgan fingerprint density at radius 3 is 2.81 bits per heavy atom. The number of halogens is 1. The molecule has 1 aromatic carbocycles. The van der Waals surface area contributed by atoms with Gasteiger partial charge >= 0.3 is 0 Å². The fourth-order valence-electron chi connectivity index (χ4n) is 1.58. The molecule has 0 unspecified atom stereocenters. The lowest BCUT2D eigenvalue weighted by Crippen LogP contribution is -2.30. The monoisotopic (exact) mass is 301 g/mol. The second-order valence-corrected chi connectivity index (χ2v) is 4.66. The number of benzene rings is 1. The van der Waals surface area contributed by atoms with Crippen LogP contribution in [0.25, 0.3) is 0 Å². The van der Waals surface area contributed by atoms with E-state index >= 15 is 0 Å². The molecule has 0 aliphatic heterocycles. The van der Waals surface area contributed by atoms with Gasteiger partial charge in [0.15, 0.2) is 6.10 Å². The summed E-state index contributed by atoms with van der Waals surface area (Å²) in [6.07, 6.45) is 0.671. The number of nitrogens with one attached hydrogen (secondary N) is 1. The molecule has 2 rings (SSSR count). The molecule has 0 aliphatic carbocycles. The van der Waals surface area contributed by atoms with E-state index in [0.717, 1.165) is 0 Å². The maximum Gasteiger partial charge on any atom is 0.266 e. The first kappa shape index (κ1) is 14.8. The number of amides is 1. The van der Waals surface area contributed by atoms with Crippen LogP contribution in [0.5, 0.6) is 5.75 Å². The van der Waals surface area contributed by atoms with Crippen LogP contribution in [-0.2, 0) is 4.79 Å². The van der Waals surface area contributed by atoms with Crippen LogP contribution in [0.4, 0.5) is 5.82 Å². The van der Waals surface area contributed by atoms with Crippen LogP contribution in [0.2, 0.25) is 5.02 Å². The molecule has 0 aliphatic rings. The van der Waals surface area contributed by atoms with Crippen LogP contribution in [0.3, 0.4) is 0 Å². The number of anilines is 1. The first-order valence-corrected chi connectivity index (χ1v) is 6.56. The molecule has 0 bridgehead atoms. The number of para-hydroxylation sites is 1. The van der Waals surface area contributed by atoms with Crippen molar-refractivity contribution < 1.29 is 9.53 Å². The molecule has 0 saturated carbocycles. The Hall–Kier alpha value is -2.58. The summed E-state index contributed by atoms with van der Waals surface area (Å²) in [6.45, 7) is 1.60. The molecule has 106 valence electrons. The highest BCUT2D eigenvalue weighted by Gasteiger charge is 2.16. The first-order chi connectivity index (χ1) is 10.1. The van der Waals surface area contributed by atoms with E-state index in [4.69, 9.17) is 21.6 Å². The summed E-state index contributed by atoms with van der Waals surface area (Å²) in [5.41, 5.74) is 0.377. The van der Waals surface area contributed by atoms with E-state index in [9.17, 15) is 4.79 Å². The molecule has 0 radical (unpaired) electrons. The van der Waals surface area contributed by atoms with E-state index in [0.29, 0.717) is 22.2 Å². The highest BCUT2D eigenvalue weighted by atomic mass is 35.5. The maximum atomic E-state index is 12.0. The largest absolute Gasteiger partial charge is 0.480 e. The van der Waals surface area contributed by atoms with Gasteiger partial charge in [0.1, 0.15) is 17.6 Å². The lowest BCUT2D eigenvalue weighted by atomic mass is 10.2. The highest BCUT2D eigenvalue weighted by Crippen LogP contribution is 2.18. The highest BCUT2D eigenvalue weighted by molar-refractivity contribution is 6.30. The minimum atomic E-state index is -0.767. The maximum absolute atomic E-state index is 12.0. The molecule has 1 atom stereocenters. The van der Waals surface area contributed by atoms with Gasteiger partial charge in [0, 0.05) is 6.20 Å². The number of hydrogen-bond donors (Lipinski definition) is 1. The van der Waals surface area contributed by atoms with Crippen molar-refractivity contribution in [2.75, 3.05) is 5.32 Å². The van der Waals surface area contributed by atoms with E-state index in [1.807, 2.05) is 6.07 Å². The SMILES string of the molecule is C[C@@H](Oc1ccccc1C#N)C(=O)Nc1ccc(Cl)cn1. The van der Waals surface area contributed by atoms with Gasteiger partial charge in [0.05, 0.1) is 10.6 Å². The summed E-state index contributed by atoms with van der Waals surface area (Å²) in [4.78, 5) is 16.0. The molecule has 1 aromatic heterocycles. The van der Waals surface area contributed by atoms with E-state index in [1.54, 1.807) is 43.3 Å². The predicted octanol–water partition coefficient (Wildman–Crippen LogP) is 3.01. The summed E-state index contributed by atoms with van der Waals surface area (Å²) < 4.78 is 5.51. The van der Waals surface area contributed by atoms with E-state index in [1.165, 1.54) is 6.20 Å². The zero-order valence-corrected chi connectivity index (χ0v) is 12.0. The quantitative estimate of drug-likeness (QED) is 0.942. The Kier molecular flexibility index (Phi) is 4.75. The molecule has 0 saturated heterocycles. The Bertz CT molecular complexity index is 680. The normalized spacial score (nSPS) is 11.3. The molecule has 5 nitrogen and oxygen atoms in total. The van der Waals surface area contributed by atoms with Gasteiger partial charge in [0.25, 0.3) is 5.91 Å². The molecule has 0 spiro atoms. The molecule has 21 heavy (non-hydrogen) atoms. The van der Waals surface area contributed by atoms with Gasteiger partial charge in [-0.1, -0.05) is 23.7 Å². The molecule has 1 amide bonds. The Morgan fingerprint density at radius 1 is 1.38 bits per heavy atom. The number of pyridine rings is 1. The predicted molar refractivity (Wildman–Crippen MR) is 79.1 cm³/mol. The van der Waals surface area contributed by atoms with Gasteiger partial charge in [-0.05, 0) is 31.2 Å². The summed E-state index contributed by atoms with van der Waals surface area (Å²) in [7, 11) is 0. The average Bonchev–Trinajstić information content (AvgIpc) is 2.50. The third-order valence-corrected chi connectivity index (χ3v) is 2.88. The average molecular weight is 302 g/mol. The lowest BCUT2D eigenvalue weighted by molar-refractivity contribution is -0.122. The number of ether oxygens (including phenoxy) is 1. The number of rotatable bonds is 4. The van der Waals surface area contributed by atoms with Crippen molar-refractivity contribution in [2.24, 2.45) is 0 Å². The van der Waals surface area contributed by atoms with E-state index < -0.39 is 6.10 Å². The molecular weight excluding hydrogens is 290 g/mol. The summed E-state index contributed by atoms with van der Waals surface area (Å²) in [6, 6.07) is 12.0. The van der Waals surface area contributed by atoms with Crippen LogP contribution < -0.4 is 10.1 Å². The van der Waals surface area contributed by atoms with E-state index in [2.05, 4.69) is 10.3 Å². The van der Waals surface area contributed by atoms with Gasteiger partial charge in [-0.2, -0.15) is 5.26 Å². The van der Waals surface area contributed by atoms with Crippen LogP contribution in [0.15, 0.2) is 42.6 Å². The number of nitrogens with zero attached hydrogens (tertiary/aromatic N) is 2. The molecule has 1 N–H and O–H groups in total. The third-order valence-electron chi connectivity index (χ3n) is 2.66. The minimum Gasteiger partial charge on any atom is -0.480 e. The second-order valence-electron chi connectivity index (χ2n) is 4.22. The van der Waals surface area contributed by atoms with Gasteiger partial charge in [-0.25, -0.2) is 4.98 Å². The van der Waals surface area contributed by atoms with Crippen molar-refractivity contribution in [3.05, 3.63) is 53.2 Å². The van der Waals surface area contributed by atoms with Crippen LogP contribution in [0.1, 0.15) is 12.5 Å². The Morgan fingerprint density at radius 2 is 2.14 bits per heavy atom. The number of hydrogen-bond acceptors (Lipinski definition) is 4. The summed E-state index contributed by atoms with van der Waals surface area (Å²) in [5, 5.41) is 12.1. The third kappa shape index (κ3) is 3.94. The van der Waals surface area contributed by atoms with Gasteiger partial charge < -0.3 is 10.1 Å². The molecular formula is C15H12ClN3O2. The van der Waals surface area contributed by atoms with Crippen LogP contribution in [0, 0.1) is 11.3 Å². The number of carbonyl (C=O) groups is 1. The summed E-state index contributed by atoms with van der Waals surface area (Å²) in [5.74, 6) is 0.387. The first-order valence-electron chi connectivity index (χ1n) is 6.18. The van der Waals surface area contributed by atoms with Gasteiger partial charge in [-0.15, -0.1) is 0 Å². The van der Waals surface area contributed by atoms with Gasteiger partial charge in [-0.3, -0.25) is 4.79 Å². The minimum absolute atomic E-state index is 0.363. The Balaban J connectivity index is 2.03. The number of nitriles is 1. The van der Waals surface area contributed by atoms with Crippen molar-refractivity contribution >= 4 is 23.3 Å². The lowest BCUT2D eigenvalue weighted by Gasteiger charge is -2.15. The van der Waals surface area contributed by atoms with Crippen molar-refractivity contribution in [2.45, 2.75) is 13.0 Å². The second kappa shape index (κ2) is 6.73. The molecule has 1 heterocycles. The molecule has 0 fully saturated rings. The van der Waals surface area contributed by atoms with Crippen LogP contribution in [-0.4, -0.2) is 17.0 Å². The van der Waals surface area contributed by atoms with Crippen LogP contribution >= 0.6 is 11.6 Å². The van der Waals surface area contributed by atoms with Gasteiger partial charge in [0.2, 0.25) is 0 Å². The molecule has 2 aromatic rings. The van der Waals surface area contributed by atoms with Crippen molar-refractivity contribution in [3.63, 3.8) is 0 Å². The van der Waals surface area contributed by atoms with Crippen molar-refractivity contribution in [1.82, 2.24) is 4.98 Å². The van der Waals surface area contributed by atoms with E-state index in [-0.39, 0.29) is 5.91 Å². The number of aromatic nitrogens is 1. The number of carbonyl (C=O) groups excluding carboxylic acids is 1. The standard InChI is InChI=1S/C15H12ClN3O2/c1-10(21-13-5-3-2-4-11(13)8-17)15(20)19-14-7-6-12(16)9-18-14/h2-7,9-10H,1H3,(H,18,19,20)/t10-/m1/s1. The fraction of sp³-hybridized carbons (Fsp3) is 0.133. The zero-order valence-electron chi connectivity index (χ0n) is 11.2. The van der Waals surface area contributed by atoms with Crippen molar-refractivity contribution in [3.8, 4) is 11.8 Å². The smallest absolute Gasteiger partial charge is 0.266 e. The summed E-state index contributed by atoms with van der Waals surface area (Å²) >= 11 is 5.72. The zero-order chi connectivity index (χ0) is 15.2. The Labute approximate surface area is 127 Å². The fourth-order valence-corrected chi connectivity index (χ4v) is 1.70. The topological polar surface area (TPSA) is 75.0 Å². The molecule has 6 heteroatoms. The van der Waals surface area contributed by atoms with Crippen molar-refractivity contribution in [1.29, 1.82) is 5.26 Å².